The van der Waals surface area contributed by atoms with E-state index in [2.05, 4.69) is 46.3 Å². The molecule has 3 heteroatoms. The lowest BCUT2D eigenvalue weighted by molar-refractivity contribution is 0.418. The summed E-state index contributed by atoms with van der Waals surface area (Å²) < 4.78 is 4.12. The largest absolute Gasteiger partial charge is 0.265 e. The summed E-state index contributed by atoms with van der Waals surface area (Å²) in [7, 11) is 5.75. The quantitative estimate of drug-likeness (QED) is 0.716. The molecule has 0 aromatic carbocycles. The number of hydrogen-bond donors (Lipinski definition) is 1. The highest BCUT2D eigenvalue weighted by Gasteiger charge is 2.45. The Hall–Kier alpha value is 0.600. The van der Waals surface area contributed by atoms with Gasteiger partial charge in [-0.25, -0.2) is 0 Å². The van der Waals surface area contributed by atoms with Gasteiger partial charge in [-0.2, -0.15) is 0 Å². The van der Waals surface area contributed by atoms with Crippen molar-refractivity contribution in [2.75, 3.05) is 0 Å². The minimum absolute atomic E-state index is 0.129. The lowest BCUT2D eigenvalue weighted by atomic mass is 9.96. The highest BCUT2D eigenvalue weighted by molar-refractivity contribution is 8.51. The molecule has 1 fully saturated rings. The van der Waals surface area contributed by atoms with Gasteiger partial charge in [0.25, 0.3) is 0 Å². The number of nitrogens with one attached hydrogen (secondary N) is 1. The fourth-order valence-corrected chi connectivity index (χ4v) is 6.34. The summed E-state index contributed by atoms with van der Waals surface area (Å²) in [5.41, 5.74) is 0. The van der Waals surface area contributed by atoms with Crippen molar-refractivity contribution in [3.63, 3.8) is 0 Å². The van der Waals surface area contributed by atoms with Crippen LogP contribution in [0.1, 0.15) is 73.6 Å². The molecule has 1 saturated carbocycles. The highest BCUT2D eigenvalue weighted by atomic mass is 35.7. The Labute approximate surface area is 114 Å². The van der Waals surface area contributed by atoms with E-state index in [1.807, 2.05) is 0 Å². The molecule has 17 heavy (non-hydrogen) atoms. The van der Waals surface area contributed by atoms with E-state index in [4.69, 9.17) is 10.7 Å². The van der Waals surface area contributed by atoms with Crippen LogP contribution in [0, 0.1) is 0 Å². The van der Waals surface area contributed by atoms with Crippen LogP contribution in [0.25, 0.3) is 0 Å². The van der Waals surface area contributed by atoms with Crippen molar-refractivity contribution in [2.24, 2.45) is 0 Å². The van der Waals surface area contributed by atoms with Crippen molar-refractivity contribution in [2.45, 2.75) is 89.2 Å². The number of halogens is 1. The van der Waals surface area contributed by atoms with Gasteiger partial charge in [0.1, 0.15) is 0 Å². The van der Waals surface area contributed by atoms with Gasteiger partial charge in [0.05, 0.1) is 0 Å². The Balaban J connectivity index is 2.84. The van der Waals surface area contributed by atoms with Crippen LogP contribution in [-0.2, 0) is 0 Å². The third-order valence-corrected chi connectivity index (χ3v) is 10.7. The first kappa shape index (κ1) is 15.7. The fraction of sp³-hybridized carbons (Fsp3) is 1.00. The summed E-state index contributed by atoms with van der Waals surface area (Å²) in [5, 5.41) is 0. The molecule has 0 spiro atoms. The van der Waals surface area contributed by atoms with E-state index in [-0.39, 0.29) is 9.49 Å². The second-order valence-corrected chi connectivity index (χ2v) is 12.4. The Kier molecular flexibility index (Phi) is 4.88. The summed E-state index contributed by atoms with van der Waals surface area (Å²) in [4.78, 5) is 0. The van der Waals surface area contributed by atoms with Crippen molar-refractivity contribution >= 4 is 20.1 Å². The molecule has 0 aliphatic heterocycles. The second kappa shape index (κ2) is 5.30. The smallest absolute Gasteiger partial charge is 0.0168 e. The van der Waals surface area contributed by atoms with E-state index in [0.717, 1.165) is 0 Å². The minimum atomic E-state index is -1.35. The summed E-state index contributed by atoms with van der Waals surface area (Å²) in [5.74, 6) is 0. The Bertz CT molecular complexity index is 232. The number of hydrogen-bond acceptors (Lipinski definition) is 1. The molecule has 0 unspecified atom stereocenters. The lowest BCUT2D eigenvalue weighted by Crippen LogP contribution is -2.47. The molecule has 1 rings (SSSR count). The summed E-state index contributed by atoms with van der Waals surface area (Å²) in [6.45, 7) is 13.6. The van der Waals surface area contributed by atoms with E-state index >= 15 is 0 Å². The maximum Gasteiger partial charge on any atom is 0.0168 e. The molecular formula is C14H30ClNS. The molecule has 0 aromatic rings. The SMILES string of the molecule is CC(C)(C)S(Cl)(NC1CCCCC1)C(C)(C)C. The normalized spacial score (nSPS) is 21.6. The first-order valence-electron chi connectivity index (χ1n) is 6.87. The zero-order valence-electron chi connectivity index (χ0n) is 12.4. The van der Waals surface area contributed by atoms with Crippen LogP contribution in [-0.4, -0.2) is 15.5 Å². The fourth-order valence-electron chi connectivity index (χ4n) is 2.72. The zero-order valence-corrected chi connectivity index (χ0v) is 14.0. The molecule has 0 bridgehead atoms. The van der Waals surface area contributed by atoms with Crippen LogP contribution < -0.4 is 4.72 Å². The summed E-state index contributed by atoms with van der Waals surface area (Å²) >= 11 is 0. The Morgan fingerprint density at radius 3 is 1.65 bits per heavy atom. The standard InChI is InChI=1S/C14H30ClNS/c1-13(2,3)17(15,14(4,5)6)16-12-10-8-7-9-11-12/h12,16H,7-11H2,1-6H3. The van der Waals surface area contributed by atoms with Gasteiger partial charge >= 0.3 is 0 Å². The molecule has 0 atom stereocenters. The molecule has 1 N–H and O–H groups in total. The molecule has 0 amide bonds. The molecular weight excluding hydrogens is 250 g/mol. The average Bonchev–Trinajstić information content (AvgIpc) is 2.15. The van der Waals surface area contributed by atoms with Gasteiger partial charge in [-0.3, -0.25) is 4.72 Å². The minimum Gasteiger partial charge on any atom is -0.265 e. The predicted octanol–water partition coefficient (Wildman–Crippen LogP) is 5.38. The van der Waals surface area contributed by atoms with Crippen LogP contribution >= 0.6 is 20.1 Å². The Morgan fingerprint density at radius 1 is 0.882 bits per heavy atom. The van der Waals surface area contributed by atoms with Crippen molar-refractivity contribution < 1.29 is 0 Å². The molecule has 0 aromatic heterocycles. The van der Waals surface area contributed by atoms with Crippen LogP contribution in [0.15, 0.2) is 0 Å². The van der Waals surface area contributed by atoms with E-state index in [0.29, 0.717) is 6.04 Å². The van der Waals surface area contributed by atoms with E-state index in [1.165, 1.54) is 32.1 Å². The van der Waals surface area contributed by atoms with Gasteiger partial charge in [-0.1, -0.05) is 80.9 Å². The lowest BCUT2D eigenvalue weighted by Gasteiger charge is -2.56. The number of rotatable bonds is 2. The molecule has 1 aliphatic carbocycles. The van der Waals surface area contributed by atoms with Crippen molar-refractivity contribution in [1.29, 1.82) is 0 Å². The first-order valence-corrected chi connectivity index (χ1v) is 9.33. The third kappa shape index (κ3) is 3.54. The van der Waals surface area contributed by atoms with Crippen molar-refractivity contribution in [1.82, 2.24) is 4.72 Å². The Morgan fingerprint density at radius 2 is 1.29 bits per heavy atom. The van der Waals surface area contributed by atoms with E-state index in [1.54, 1.807) is 0 Å². The van der Waals surface area contributed by atoms with Gasteiger partial charge in [-0.05, 0) is 12.8 Å². The highest BCUT2D eigenvalue weighted by Crippen LogP contribution is 2.69. The monoisotopic (exact) mass is 279 g/mol. The van der Waals surface area contributed by atoms with Crippen molar-refractivity contribution in [3.05, 3.63) is 0 Å². The second-order valence-electron chi connectivity index (χ2n) is 7.22. The molecule has 0 radical (unpaired) electrons. The molecule has 1 nitrogen and oxygen atoms in total. The molecule has 104 valence electrons. The summed E-state index contributed by atoms with van der Waals surface area (Å²) in [6.07, 6.45) is 6.71. The van der Waals surface area contributed by atoms with Crippen LogP contribution in [0.4, 0.5) is 0 Å². The van der Waals surface area contributed by atoms with Crippen LogP contribution in [0.2, 0.25) is 0 Å². The van der Waals surface area contributed by atoms with E-state index < -0.39 is 9.43 Å². The third-order valence-electron chi connectivity index (χ3n) is 3.62. The van der Waals surface area contributed by atoms with Gasteiger partial charge in [0, 0.05) is 15.5 Å². The summed E-state index contributed by atoms with van der Waals surface area (Å²) in [6, 6.07) is 0.634. The van der Waals surface area contributed by atoms with Gasteiger partial charge in [0.15, 0.2) is 0 Å². The van der Waals surface area contributed by atoms with Gasteiger partial charge in [-0.15, -0.1) is 0 Å². The first-order chi connectivity index (χ1) is 7.58. The molecule has 1 aliphatic rings. The zero-order chi connectivity index (χ0) is 13.3. The van der Waals surface area contributed by atoms with E-state index in [9.17, 15) is 0 Å². The molecule has 0 saturated heterocycles. The predicted molar refractivity (Wildman–Crippen MR) is 83.0 cm³/mol. The molecule has 0 heterocycles. The van der Waals surface area contributed by atoms with Crippen molar-refractivity contribution in [3.8, 4) is 0 Å². The topological polar surface area (TPSA) is 12.0 Å². The maximum absolute atomic E-state index is 7.10. The van der Waals surface area contributed by atoms with Gasteiger partial charge in [0.2, 0.25) is 0 Å². The van der Waals surface area contributed by atoms with Crippen LogP contribution in [0.3, 0.4) is 0 Å². The average molecular weight is 280 g/mol. The van der Waals surface area contributed by atoms with Crippen LogP contribution in [0.5, 0.6) is 0 Å². The van der Waals surface area contributed by atoms with Gasteiger partial charge < -0.3 is 0 Å². The maximum atomic E-state index is 7.10.